The molecule has 0 radical (unpaired) electrons. The van der Waals surface area contributed by atoms with Crippen LogP contribution in [0.15, 0.2) is 36.5 Å². The average Bonchev–Trinajstić information content (AvgIpc) is 2.49. The Morgan fingerprint density at radius 2 is 2.00 bits per heavy atom. The molecule has 2 aromatic rings. The van der Waals surface area contributed by atoms with Crippen molar-refractivity contribution in [2.45, 2.75) is 12.8 Å². The van der Waals surface area contributed by atoms with E-state index in [0.29, 0.717) is 11.1 Å². The van der Waals surface area contributed by atoms with Gasteiger partial charge in [0.25, 0.3) is 0 Å². The van der Waals surface area contributed by atoms with Gasteiger partial charge in [0.05, 0.1) is 5.69 Å². The maximum Gasteiger partial charge on any atom is 0.195 e. The van der Waals surface area contributed by atoms with Gasteiger partial charge in [-0.2, -0.15) is 0 Å². The lowest BCUT2D eigenvalue weighted by atomic mass is 10.0. The summed E-state index contributed by atoms with van der Waals surface area (Å²) in [5.41, 5.74) is 2.76. The highest BCUT2D eigenvalue weighted by atomic mass is 19.1. The Morgan fingerprint density at radius 1 is 1.12 bits per heavy atom. The van der Waals surface area contributed by atoms with Crippen molar-refractivity contribution in [3.8, 4) is 0 Å². The van der Waals surface area contributed by atoms with Gasteiger partial charge in [-0.3, -0.25) is 9.78 Å². The summed E-state index contributed by atoms with van der Waals surface area (Å²) >= 11 is 0. The van der Waals surface area contributed by atoms with Crippen LogP contribution in [-0.4, -0.2) is 10.8 Å². The van der Waals surface area contributed by atoms with Crippen LogP contribution in [0.25, 0.3) is 0 Å². The van der Waals surface area contributed by atoms with E-state index in [4.69, 9.17) is 0 Å². The van der Waals surface area contributed by atoms with E-state index in [1.165, 1.54) is 12.1 Å². The van der Waals surface area contributed by atoms with Gasteiger partial charge in [0.2, 0.25) is 0 Å². The van der Waals surface area contributed by atoms with Crippen LogP contribution in [0.1, 0.15) is 27.2 Å². The number of fused-ring (bicyclic) bond motifs is 2. The van der Waals surface area contributed by atoms with Crippen molar-refractivity contribution in [2.75, 3.05) is 0 Å². The molecule has 2 nitrogen and oxygen atoms in total. The number of ketones is 1. The van der Waals surface area contributed by atoms with Crippen molar-refractivity contribution in [1.82, 2.24) is 4.98 Å². The summed E-state index contributed by atoms with van der Waals surface area (Å²) in [5.74, 6) is -0.496. The van der Waals surface area contributed by atoms with Crippen LogP contribution in [0.4, 0.5) is 4.39 Å². The molecular formula is C14H10FNO. The summed E-state index contributed by atoms with van der Waals surface area (Å²) in [6, 6.07) is 7.90. The number of aryl methyl sites for hydroxylation is 2. The first kappa shape index (κ1) is 10.1. The van der Waals surface area contributed by atoms with E-state index >= 15 is 0 Å². The van der Waals surface area contributed by atoms with Crippen molar-refractivity contribution in [3.63, 3.8) is 0 Å². The van der Waals surface area contributed by atoms with E-state index in [0.717, 1.165) is 24.1 Å². The van der Waals surface area contributed by atoms with Crippen LogP contribution in [0.3, 0.4) is 0 Å². The number of hydrogen-bond acceptors (Lipinski definition) is 2. The van der Waals surface area contributed by atoms with Crippen molar-refractivity contribution in [3.05, 3.63) is 64.7 Å². The minimum absolute atomic E-state index is 0.125. The highest BCUT2D eigenvalue weighted by Crippen LogP contribution is 2.23. The Labute approximate surface area is 98.1 Å². The Bertz CT molecular complexity index is 607. The summed E-state index contributed by atoms with van der Waals surface area (Å²) in [4.78, 5) is 16.5. The molecule has 0 amide bonds. The summed E-state index contributed by atoms with van der Waals surface area (Å²) in [6.07, 6.45) is 3.13. The minimum Gasteiger partial charge on any atom is -0.289 e. The zero-order valence-corrected chi connectivity index (χ0v) is 9.11. The van der Waals surface area contributed by atoms with Crippen molar-refractivity contribution in [1.29, 1.82) is 0 Å². The van der Waals surface area contributed by atoms with Crippen LogP contribution in [0.5, 0.6) is 0 Å². The first-order valence-electron chi connectivity index (χ1n) is 5.53. The summed E-state index contributed by atoms with van der Waals surface area (Å²) < 4.78 is 13.2. The Hall–Kier alpha value is -2.03. The monoisotopic (exact) mass is 227 g/mol. The molecule has 1 aromatic heterocycles. The molecule has 3 rings (SSSR count). The first-order chi connectivity index (χ1) is 8.25. The number of benzene rings is 1. The number of rotatable bonds is 0. The second-order valence-corrected chi connectivity index (χ2v) is 4.13. The van der Waals surface area contributed by atoms with Gasteiger partial charge in [-0.05, 0) is 42.7 Å². The maximum absolute atomic E-state index is 13.2. The van der Waals surface area contributed by atoms with Gasteiger partial charge < -0.3 is 0 Å². The predicted octanol–water partition coefficient (Wildman–Crippen LogP) is 2.55. The first-order valence-corrected chi connectivity index (χ1v) is 5.53. The maximum atomic E-state index is 13.2. The van der Waals surface area contributed by atoms with Crippen LogP contribution >= 0.6 is 0 Å². The SMILES string of the molecule is O=C1c2cc(F)ccc2CCc2ncccc21. The minimum atomic E-state index is -0.371. The fourth-order valence-corrected chi connectivity index (χ4v) is 2.22. The van der Waals surface area contributed by atoms with Crippen molar-refractivity contribution < 1.29 is 9.18 Å². The fourth-order valence-electron chi connectivity index (χ4n) is 2.22. The number of carbonyl (C=O) groups is 1. The predicted molar refractivity (Wildman–Crippen MR) is 61.5 cm³/mol. The van der Waals surface area contributed by atoms with Gasteiger partial charge in [0, 0.05) is 17.3 Å². The quantitative estimate of drug-likeness (QED) is 0.692. The number of halogens is 1. The molecule has 0 aliphatic heterocycles. The molecule has 1 heterocycles. The fraction of sp³-hybridized carbons (Fsp3) is 0.143. The lowest BCUT2D eigenvalue weighted by molar-refractivity contribution is 0.103. The van der Waals surface area contributed by atoms with Crippen LogP contribution in [-0.2, 0) is 12.8 Å². The van der Waals surface area contributed by atoms with Crippen molar-refractivity contribution >= 4 is 5.78 Å². The molecule has 0 bridgehead atoms. The molecule has 0 saturated carbocycles. The van der Waals surface area contributed by atoms with Crippen LogP contribution in [0.2, 0.25) is 0 Å². The third-order valence-electron chi connectivity index (χ3n) is 3.08. The molecule has 0 spiro atoms. The second-order valence-electron chi connectivity index (χ2n) is 4.13. The molecule has 3 heteroatoms. The topological polar surface area (TPSA) is 30.0 Å². The molecular weight excluding hydrogens is 217 g/mol. The summed E-state index contributed by atoms with van der Waals surface area (Å²) in [6.45, 7) is 0. The molecule has 1 aliphatic carbocycles. The van der Waals surface area contributed by atoms with E-state index in [1.807, 2.05) is 0 Å². The van der Waals surface area contributed by atoms with Crippen LogP contribution < -0.4 is 0 Å². The number of aromatic nitrogens is 1. The van der Waals surface area contributed by atoms with Gasteiger partial charge in [0.15, 0.2) is 5.78 Å². The summed E-state index contributed by atoms with van der Waals surface area (Å²) in [5, 5.41) is 0. The molecule has 1 aromatic carbocycles. The number of hydrogen-bond donors (Lipinski definition) is 0. The lowest BCUT2D eigenvalue weighted by Gasteiger charge is -2.04. The number of nitrogens with zero attached hydrogens (tertiary/aromatic N) is 1. The molecule has 0 atom stereocenters. The Morgan fingerprint density at radius 3 is 2.88 bits per heavy atom. The molecule has 0 fully saturated rings. The largest absolute Gasteiger partial charge is 0.289 e. The van der Waals surface area contributed by atoms with E-state index in [-0.39, 0.29) is 11.6 Å². The highest BCUT2D eigenvalue weighted by Gasteiger charge is 2.21. The van der Waals surface area contributed by atoms with E-state index in [9.17, 15) is 9.18 Å². The third kappa shape index (κ3) is 1.64. The molecule has 1 aliphatic rings. The Balaban J connectivity index is 2.22. The molecule has 17 heavy (non-hydrogen) atoms. The van der Waals surface area contributed by atoms with E-state index < -0.39 is 0 Å². The van der Waals surface area contributed by atoms with Crippen LogP contribution in [0, 0.1) is 5.82 Å². The smallest absolute Gasteiger partial charge is 0.195 e. The second kappa shape index (κ2) is 3.77. The van der Waals surface area contributed by atoms with Gasteiger partial charge in [-0.25, -0.2) is 4.39 Å². The molecule has 0 unspecified atom stereocenters. The van der Waals surface area contributed by atoms with Gasteiger partial charge >= 0.3 is 0 Å². The zero-order chi connectivity index (χ0) is 11.8. The summed E-state index contributed by atoms with van der Waals surface area (Å²) in [7, 11) is 0. The zero-order valence-electron chi connectivity index (χ0n) is 9.11. The third-order valence-corrected chi connectivity index (χ3v) is 3.08. The van der Waals surface area contributed by atoms with Gasteiger partial charge in [-0.1, -0.05) is 6.07 Å². The van der Waals surface area contributed by atoms with E-state index in [1.54, 1.807) is 24.4 Å². The lowest BCUT2D eigenvalue weighted by Crippen LogP contribution is -2.05. The average molecular weight is 227 g/mol. The number of carbonyl (C=O) groups excluding carboxylic acids is 1. The number of pyridine rings is 1. The van der Waals surface area contributed by atoms with Crippen molar-refractivity contribution in [2.24, 2.45) is 0 Å². The molecule has 0 N–H and O–H groups in total. The Kier molecular flexibility index (Phi) is 2.25. The van der Waals surface area contributed by atoms with Gasteiger partial charge in [-0.15, -0.1) is 0 Å². The highest BCUT2D eigenvalue weighted by molar-refractivity contribution is 6.11. The normalized spacial score (nSPS) is 13.8. The van der Waals surface area contributed by atoms with Gasteiger partial charge in [0.1, 0.15) is 5.82 Å². The van der Waals surface area contributed by atoms with E-state index in [2.05, 4.69) is 4.98 Å². The standard InChI is InChI=1S/C14H10FNO/c15-10-5-3-9-4-6-13-11(2-1-7-16-13)14(17)12(9)8-10/h1-3,5,7-8H,4,6H2. The molecule has 0 saturated heterocycles. The molecule has 84 valence electrons.